The van der Waals surface area contributed by atoms with Crippen molar-refractivity contribution in [1.29, 1.82) is 5.26 Å². The van der Waals surface area contributed by atoms with E-state index in [1.165, 1.54) is 0 Å². The fraction of sp³-hybridized carbons (Fsp3) is 0.200. The molecule has 0 fully saturated rings. The van der Waals surface area contributed by atoms with Crippen molar-refractivity contribution in [1.82, 2.24) is 4.57 Å². The lowest BCUT2D eigenvalue weighted by Crippen LogP contribution is -2.14. The minimum Gasteiger partial charge on any atom is -0.491 e. The van der Waals surface area contributed by atoms with Gasteiger partial charge in [0.05, 0.1) is 6.10 Å². The molecule has 0 aliphatic carbocycles. The van der Waals surface area contributed by atoms with Gasteiger partial charge in [0.2, 0.25) is 0 Å². The third-order valence-corrected chi connectivity index (χ3v) is 5.40. The zero-order chi connectivity index (χ0) is 22.5. The van der Waals surface area contributed by atoms with Crippen molar-refractivity contribution in [3.63, 3.8) is 0 Å². The Balaban J connectivity index is 1.87. The molecule has 0 saturated heterocycles. The van der Waals surface area contributed by atoms with E-state index in [0.29, 0.717) is 11.4 Å². The summed E-state index contributed by atoms with van der Waals surface area (Å²) >= 11 is 2.28. The number of hydrogen-bond donors (Lipinski definition) is 1. The molecular formula is C25H24IN3O2. The highest BCUT2D eigenvalue weighted by atomic mass is 127. The SMILES string of the molecule is Cc1cc(/C=C(\C#N)C(=O)Nc2cccc(OC(C)C)c2)c(C)n1-c1ccc(I)cc1. The van der Waals surface area contributed by atoms with Crippen molar-refractivity contribution in [2.75, 3.05) is 5.32 Å². The number of anilines is 1. The van der Waals surface area contributed by atoms with Crippen LogP contribution in [0.3, 0.4) is 0 Å². The van der Waals surface area contributed by atoms with Crippen LogP contribution in [-0.2, 0) is 4.79 Å². The Morgan fingerprint density at radius 2 is 1.87 bits per heavy atom. The van der Waals surface area contributed by atoms with Crippen molar-refractivity contribution in [3.05, 3.63) is 80.7 Å². The first kappa shape index (κ1) is 22.6. The summed E-state index contributed by atoms with van der Waals surface area (Å²) in [4.78, 5) is 12.7. The van der Waals surface area contributed by atoms with Crippen LogP contribution >= 0.6 is 22.6 Å². The highest BCUT2D eigenvalue weighted by Crippen LogP contribution is 2.24. The molecule has 158 valence electrons. The first-order valence-corrected chi connectivity index (χ1v) is 11.0. The molecule has 0 spiro atoms. The number of amides is 1. The number of carbonyl (C=O) groups is 1. The molecule has 0 bridgehead atoms. The van der Waals surface area contributed by atoms with Crippen LogP contribution in [0.4, 0.5) is 5.69 Å². The molecule has 6 heteroatoms. The van der Waals surface area contributed by atoms with Gasteiger partial charge in [0, 0.05) is 32.4 Å². The Hall–Kier alpha value is -3.05. The maximum atomic E-state index is 12.7. The Bertz CT molecular complexity index is 1170. The van der Waals surface area contributed by atoms with E-state index in [4.69, 9.17) is 4.74 Å². The second kappa shape index (κ2) is 9.84. The van der Waals surface area contributed by atoms with Crippen LogP contribution in [0, 0.1) is 28.7 Å². The van der Waals surface area contributed by atoms with Gasteiger partial charge in [0.1, 0.15) is 17.4 Å². The summed E-state index contributed by atoms with van der Waals surface area (Å²) in [7, 11) is 0. The Morgan fingerprint density at radius 3 is 2.52 bits per heavy atom. The number of nitrogens with one attached hydrogen (secondary N) is 1. The summed E-state index contributed by atoms with van der Waals surface area (Å²) in [5.41, 5.74) is 4.49. The van der Waals surface area contributed by atoms with Crippen molar-refractivity contribution >= 4 is 40.3 Å². The summed E-state index contributed by atoms with van der Waals surface area (Å²) in [5, 5.41) is 12.4. The molecule has 0 saturated carbocycles. The van der Waals surface area contributed by atoms with Gasteiger partial charge in [0.15, 0.2) is 0 Å². The molecule has 1 amide bonds. The largest absolute Gasteiger partial charge is 0.491 e. The average Bonchev–Trinajstić information content (AvgIpc) is 2.99. The zero-order valence-corrected chi connectivity index (χ0v) is 20.1. The quantitative estimate of drug-likeness (QED) is 0.243. The molecule has 3 rings (SSSR count). The summed E-state index contributed by atoms with van der Waals surface area (Å²) in [6.07, 6.45) is 1.67. The van der Waals surface area contributed by atoms with E-state index >= 15 is 0 Å². The third kappa shape index (κ3) is 5.56. The molecule has 0 aliphatic heterocycles. The van der Waals surface area contributed by atoms with Gasteiger partial charge in [-0.3, -0.25) is 4.79 Å². The molecule has 1 N–H and O–H groups in total. The molecule has 2 aromatic carbocycles. The van der Waals surface area contributed by atoms with Gasteiger partial charge in [-0.2, -0.15) is 5.26 Å². The van der Waals surface area contributed by atoms with Crippen LogP contribution in [0.1, 0.15) is 30.8 Å². The van der Waals surface area contributed by atoms with E-state index in [9.17, 15) is 10.1 Å². The second-order valence-corrected chi connectivity index (χ2v) is 8.70. The van der Waals surface area contributed by atoms with Crippen LogP contribution in [0.2, 0.25) is 0 Å². The Kier molecular flexibility index (Phi) is 7.18. The highest BCUT2D eigenvalue weighted by molar-refractivity contribution is 14.1. The number of hydrogen-bond acceptors (Lipinski definition) is 3. The molecule has 0 unspecified atom stereocenters. The Morgan fingerprint density at radius 1 is 1.16 bits per heavy atom. The van der Waals surface area contributed by atoms with Crippen molar-refractivity contribution < 1.29 is 9.53 Å². The minimum atomic E-state index is -0.455. The van der Waals surface area contributed by atoms with Gasteiger partial charge in [-0.25, -0.2) is 0 Å². The van der Waals surface area contributed by atoms with Gasteiger partial charge >= 0.3 is 0 Å². The van der Waals surface area contributed by atoms with Crippen molar-refractivity contribution in [3.8, 4) is 17.5 Å². The van der Waals surface area contributed by atoms with E-state index < -0.39 is 5.91 Å². The normalized spacial score (nSPS) is 11.3. The van der Waals surface area contributed by atoms with Gasteiger partial charge in [-0.15, -0.1) is 0 Å². The molecule has 1 aromatic heterocycles. The number of halogens is 1. The molecule has 1 heterocycles. The maximum Gasteiger partial charge on any atom is 0.266 e. The van der Waals surface area contributed by atoms with Crippen LogP contribution in [0.15, 0.2) is 60.2 Å². The zero-order valence-electron chi connectivity index (χ0n) is 17.9. The van der Waals surface area contributed by atoms with Crippen LogP contribution < -0.4 is 10.1 Å². The summed E-state index contributed by atoms with van der Waals surface area (Å²) in [6, 6.07) is 19.4. The van der Waals surface area contributed by atoms with E-state index in [2.05, 4.69) is 56.7 Å². The van der Waals surface area contributed by atoms with Crippen LogP contribution in [0.5, 0.6) is 5.75 Å². The number of carbonyl (C=O) groups excluding carboxylic acids is 1. The fourth-order valence-electron chi connectivity index (χ4n) is 3.34. The second-order valence-electron chi connectivity index (χ2n) is 7.46. The molecule has 0 radical (unpaired) electrons. The minimum absolute atomic E-state index is 0.0313. The highest BCUT2D eigenvalue weighted by Gasteiger charge is 2.14. The van der Waals surface area contributed by atoms with Crippen LogP contribution in [-0.4, -0.2) is 16.6 Å². The fourth-order valence-corrected chi connectivity index (χ4v) is 3.70. The maximum absolute atomic E-state index is 12.7. The summed E-state index contributed by atoms with van der Waals surface area (Å²) in [6.45, 7) is 7.87. The number of nitriles is 1. The average molecular weight is 525 g/mol. The molecule has 3 aromatic rings. The molecule has 0 atom stereocenters. The predicted octanol–water partition coefficient (Wildman–Crippen LogP) is 6.03. The number of ether oxygens (including phenoxy) is 1. The lowest BCUT2D eigenvalue weighted by molar-refractivity contribution is -0.112. The third-order valence-electron chi connectivity index (χ3n) is 4.68. The topological polar surface area (TPSA) is 67.1 Å². The van der Waals surface area contributed by atoms with Gasteiger partial charge < -0.3 is 14.6 Å². The monoisotopic (exact) mass is 525 g/mol. The van der Waals surface area contributed by atoms with E-state index in [1.807, 2.05) is 45.9 Å². The molecule has 5 nitrogen and oxygen atoms in total. The van der Waals surface area contributed by atoms with Gasteiger partial charge in [-0.05, 0) is 104 Å². The number of aryl methyl sites for hydroxylation is 1. The molecular weight excluding hydrogens is 501 g/mol. The smallest absolute Gasteiger partial charge is 0.266 e. The van der Waals surface area contributed by atoms with E-state index in [1.54, 1.807) is 24.3 Å². The number of aromatic nitrogens is 1. The van der Waals surface area contributed by atoms with E-state index in [0.717, 1.165) is 26.2 Å². The van der Waals surface area contributed by atoms with Crippen molar-refractivity contribution in [2.24, 2.45) is 0 Å². The van der Waals surface area contributed by atoms with E-state index in [-0.39, 0.29) is 11.7 Å². The van der Waals surface area contributed by atoms with Crippen molar-refractivity contribution in [2.45, 2.75) is 33.8 Å². The van der Waals surface area contributed by atoms with Gasteiger partial charge in [0.25, 0.3) is 5.91 Å². The Labute approximate surface area is 196 Å². The summed E-state index contributed by atoms with van der Waals surface area (Å²) in [5.74, 6) is 0.208. The molecule has 31 heavy (non-hydrogen) atoms. The van der Waals surface area contributed by atoms with Crippen LogP contribution in [0.25, 0.3) is 11.8 Å². The lowest BCUT2D eigenvalue weighted by atomic mass is 10.1. The lowest BCUT2D eigenvalue weighted by Gasteiger charge is -2.11. The first-order chi connectivity index (χ1) is 14.8. The standard InChI is InChI=1S/C25H24IN3O2/c1-16(2)31-24-7-5-6-22(14-24)28-25(30)20(15-27)13-19-12-17(3)29(18(19)4)23-10-8-21(26)9-11-23/h5-14,16H,1-4H3,(H,28,30)/b20-13+. The molecule has 0 aliphatic rings. The number of benzene rings is 2. The number of rotatable bonds is 6. The van der Waals surface area contributed by atoms with Gasteiger partial charge in [-0.1, -0.05) is 6.07 Å². The summed E-state index contributed by atoms with van der Waals surface area (Å²) < 4.78 is 8.94. The number of nitrogens with zero attached hydrogens (tertiary/aromatic N) is 2. The first-order valence-electron chi connectivity index (χ1n) is 9.93. The predicted molar refractivity (Wildman–Crippen MR) is 132 cm³/mol.